The summed E-state index contributed by atoms with van der Waals surface area (Å²) < 4.78 is 0. The molecule has 1 heterocycles. The van der Waals surface area contributed by atoms with Crippen LogP contribution in [0, 0.1) is 11.8 Å². The summed E-state index contributed by atoms with van der Waals surface area (Å²) >= 11 is 0. The number of nitrogens with zero attached hydrogens (tertiary/aromatic N) is 1. The molecule has 2 nitrogen and oxygen atoms in total. The summed E-state index contributed by atoms with van der Waals surface area (Å²) in [5.74, 6) is 1.67. The van der Waals surface area contributed by atoms with E-state index >= 15 is 0 Å². The molecule has 2 aliphatic rings. The standard InChI is InChI=1S/C10H18N2/c1-7-2-4-8(5-3-7)10(11)9-6-12-9/h6-10H,2-5,11H2,1H3. The maximum absolute atomic E-state index is 6.07. The normalized spacial score (nSPS) is 42.7. The fourth-order valence-electron chi connectivity index (χ4n) is 2.20. The predicted octanol–water partition coefficient (Wildman–Crippen LogP) is 1.59. The lowest BCUT2D eigenvalue weighted by Gasteiger charge is -2.29. The fourth-order valence-corrected chi connectivity index (χ4v) is 2.20. The topological polar surface area (TPSA) is 38.4 Å². The molecule has 1 aliphatic carbocycles. The van der Waals surface area contributed by atoms with Crippen molar-refractivity contribution in [2.45, 2.75) is 44.7 Å². The molecule has 2 heteroatoms. The molecule has 12 heavy (non-hydrogen) atoms. The number of rotatable bonds is 2. The lowest BCUT2D eigenvalue weighted by Crippen LogP contribution is -2.37. The molecule has 1 fully saturated rings. The highest BCUT2D eigenvalue weighted by molar-refractivity contribution is 5.78. The van der Waals surface area contributed by atoms with E-state index in [4.69, 9.17) is 5.73 Å². The minimum Gasteiger partial charge on any atom is -0.325 e. The van der Waals surface area contributed by atoms with E-state index in [2.05, 4.69) is 11.9 Å². The number of hydrogen-bond acceptors (Lipinski definition) is 2. The molecule has 68 valence electrons. The number of aliphatic imine (C=N–C) groups is 1. The van der Waals surface area contributed by atoms with Crippen LogP contribution in [0.2, 0.25) is 0 Å². The van der Waals surface area contributed by atoms with Gasteiger partial charge in [0.1, 0.15) is 0 Å². The van der Waals surface area contributed by atoms with E-state index < -0.39 is 0 Å². The first-order valence-electron chi connectivity index (χ1n) is 5.06. The van der Waals surface area contributed by atoms with E-state index in [-0.39, 0.29) is 0 Å². The van der Waals surface area contributed by atoms with Gasteiger partial charge in [-0.05, 0) is 24.7 Å². The molecule has 0 aromatic carbocycles. The summed E-state index contributed by atoms with van der Waals surface area (Å²) in [6, 6.07) is 0.737. The zero-order valence-electron chi connectivity index (χ0n) is 7.74. The Kier molecular flexibility index (Phi) is 2.18. The molecule has 1 saturated carbocycles. The van der Waals surface area contributed by atoms with Gasteiger partial charge in [-0.15, -0.1) is 0 Å². The number of nitrogens with two attached hydrogens (primary N) is 1. The quantitative estimate of drug-likeness (QED) is 0.664. The Labute approximate surface area is 74.2 Å². The Morgan fingerprint density at radius 1 is 1.33 bits per heavy atom. The predicted molar refractivity (Wildman–Crippen MR) is 51.4 cm³/mol. The van der Waals surface area contributed by atoms with Crippen molar-refractivity contribution in [3.8, 4) is 0 Å². The van der Waals surface area contributed by atoms with E-state index in [1.54, 1.807) is 0 Å². The van der Waals surface area contributed by atoms with Gasteiger partial charge in [-0.1, -0.05) is 19.8 Å². The average molecular weight is 166 g/mol. The van der Waals surface area contributed by atoms with Crippen LogP contribution in [0.4, 0.5) is 0 Å². The van der Waals surface area contributed by atoms with Crippen LogP contribution in [-0.4, -0.2) is 18.3 Å². The van der Waals surface area contributed by atoms with Crippen LogP contribution in [0.1, 0.15) is 32.6 Å². The molecule has 0 bridgehead atoms. The molecule has 0 aromatic rings. The van der Waals surface area contributed by atoms with Crippen molar-refractivity contribution in [2.75, 3.05) is 0 Å². The van der Waals surface area contributed by atoms with Gasteiger partial charge in [-0.2, -0.15) is 0 Å². The Bertz CT molecular complexity index is 174. The molecule has 0 radical (unpaired) electrons. The molecule has 0 saturated heterocycles. The molecule has 1 aliphatic heterocycles. The van der Waals surface area contributed by atoms with Crippen LogP contribution < -0.4 is 5.73 Å². The first-order valence-corrected chi connectivity index (χ1v) is 5.06. The highest BCUT2D eigenvalue weighted by Gasteiger charge is 2.31. The fraction of sp³-hybridized carbons (Fsp3) is 0.900. The van der Waals surface area contributed by atoms with Crippen molar-refractivity contribution in [1.29, 1.82) is 0 Å². The lowest BCUT2D eigenvalue weighted by atomic mass is 9.78. The highest BCUT2D eigenvalue weighted by Crippen LogP contribution is 2.32. The van der Waals surface area contributed by atoms with E-state index in [9.17, 15) is 0 Å². The summed E-state index contributed by atoms with van der Waals surface area (Å²) in [6.07, 6.45) is 7.36. The van der Waals surface area contributed by atoms with E-state index in [0.29, 0.717) is 12.1 Å². The molecule has 0 spiro atoms. The van der Waals surface area contributed by atoms with Crippen molar-refractivity contribution in [3.63, 3.8) is 0 Å². The van der Waals surface area contributed by atoms with Crippen LogP contribution >= 0.6 is 0 Å². The van der Waals surface area contributed by atoms with Gasteiger partial charge in [-0.3, -0.25) is 4.99 Å². The third kappa shape index (κ3) is 1.69. The molecule has 2 unspecified atom stereocenters. The Hall–Kier alpha value is -0.370. The zero-order valence-corrected chi connectivity index (χ0v) is 7.74. The Morgan fingerprint density at radius 2 is 1.92 bits per heavy atom. The Balaban J connectivity index is 1.80. The van der Waals surface area contributed by atoms with Gasteiger partial charge in [0.15, 0.2) is 0 Å². The molecule has 2 N–H and O–H groups in total. The molecule has 2 atom stereocenters. The van der Waals surface area contributed by atoms with Gasteiger partial charge in [0.25, 0.3) is 0 Å². The lowest BCUT2D eigenvalue weighted by molar-refractivity contribution is 0.254. The van der Waals surface area contributed by atoms with Crippen LogP contribution in [0.25, 0.3) is 0 Å². The summed E-state index contributed by atoms with van der Waals surface area (Å²) in [5.41, 5.74) is 6.07. The Morgan fingerprint density at radius 3 is 2.42 bits per heavy atom. The second kappa shape index (κ2) is 3.17. The van der Waals surface area contributed by atoms with Gasteiger partial charge in [0.05, 0.1) is 6.04 Å². The minimum atomic E-state index is 0.331. The second-order valence-electron chi connectivity index (χ2n) is 4.39. The summed E-state index contributed by atoms with van der Waals surface area (Å²) in [4.78, 5) is 4.15. The van der Waals surface area contributed by atoms with Crippen LogP contribution in [0.5, 0.6) is 0 Å². The first kappa shape index (κ1) is 8.24. The summed E-state index contributed by atoms with van der Waals surface area (Å²) in [7, 11) is 0. The largest absolute Gasteiger partial charge is 0.325 e. The first-order chi connectivity index (χ1) is 5.77. The maximum atomic E-state index is 6.07. The van der Waals surface area contributed by atoms with Crippen molar-refractivity contribution in [2.24, 2.45) is 22.6 Å². The molecule has 0 aromatic heterocycles. The van der Waals surface area contributed by atoms with Gasteiger partial charge in [0.2, 0.25) is 0 Å². The van der Waals surface area contributed by atoms with E-state index in [1.807, 2.05) is 6.21 Å². The second-order valence-corrected chi connectivity index (χ2v) is 4.39. The average Bonchev–Trinajstić information content (AvgIpc) is 2.87. The van der Waals surface area contributed by atoms with Crippen molar-refractivity contribution < 1.29 is 0 Å². The van der Waals surface area contributed by atoms with Crippen molar-refractivity contribution >= 4 is 6.21 Å². The smallest absolute Gasteiger partial charge is 0.0996 e. The molecule has 2 rings (SSSR count). The number of hydrogen-bond donors (Lipinski definition) is 1. The van der Waals surface area contributed by atoms with Crippen LogP contribution in [0.15, 0.2) is 4.99 Å². The monoisotopic (exact) mass is 166 g/mol. The third-order valence-corrected chi connectivity index (χ3v) is 3.32. The summed E-state index contributed by atoms with van der Waals surface area (Å²) in [6.45, 7) is 2.34. The van der Waals surface area contributed by atoms with Gasteiger partial charge in [0, 0.05) is 12.3 Å². The van der Waals surface area contributed by atoms with Crippen molar-refractivity contribution in [1.82, 2.24) is 0 Å². The van der Waals surface area contributed by atoms with Gasteiger partial charge in [-0.25, -0.2) is 0 Å². The van der Waals surface area contributed by atoms with Gasteiger partial charge < -0.3 is 5.73 Å². The third-order valence-electron chi connectivity index (χ3n) is 3.32. The summed E-state index contributed by atoms with van der Waals surface area (Å²) in [5, 5.41) is 0. The van der Waals surface area contributed by atoms with E-state index in [1.165, 1.54) is 25.7 Å². The molecular formula is C10H18N2. The zero-order chi connectivity index (χ0) is 8.55. The van der Waals surface area contributed by atoms with E-state index in [0.717, 1.165) is 11.8 Å². The highest BCUT2D eigenvalue weighted by atomic mass is 15.0. The minimum absolute atomic E-state index is 0.331. The van der Waals surface area contributed by atoms with Crippen LogP contribution in [-0.2, 0) is 0 Å². The van der Waals surface area contributed by atoms with Crippen molar-refractivity contribution in [3.05, 3.63) is 0 Å². The molecule has 0 amide bonds. The van der Waals surface area contributed by atoms with Crippen LogP contribution in [0.3, 0.4) is 0 Å². The maximum Gasteiger partial charge on any atom is 0.0996 e. The van der Waals surface area contributed by atoms with Gasteiger partial charge >= 0.3 is 0 Å². The molecular weight excluding hydrogens is 148 g/mol. The SMILES string of the molecule is CC1CCC(C(N)C2C=N2)CC1.